The molecular formula is C12H15N3O3. The normalized spacial score (nSPS) is 10.6. The molecule has 0 saturated carbocycles. The first kappa shape index (κ1) is 12.4. The molecule has 0 radical (unpaired) electrons. The van der Waals surface area contributed by atoms with Gasteiger partial charge in [0.2, 0.25) is 0 Å². The fourth-order valence-corrected chi connectivity index (χ4v) is 1.59. The number of aryl methyl sites for hydroxylation is 1. The molecule has 6 nitrogen and oxygen atoms in total. The lowest BCUT2D eigenvalue weighted by Crippen LogP contribution is -2.12. The van der Waals surface area contributed by atoms with Crippen LogP contribution in [0.2, 0.25) is 0 Å². The lowest BCUT2D eigenvalue weighted by molar-refractivity contribution is 0.0594. The maximum absolute atomic E-state index is 11.2. The minimum absolute atomic E-state index is 0.368. The van der Waals surface area contributed by atoms with Crippen molar-refractivity contribution in [2.75, 3.05) is 7.11 Å². The second-order valence-corrected chi connectivity index (χ2v) is 3.93. The molecule has 2 N–H and O–H groups in total. The Morgan fingerprint density at radius 2 is 2.33 bits per heavy atom. The highest BCUT2D eigenvalue weighted by atomic mass is 16.5. The highest BCUT2D eigenvalue weighted by molar-refractivity contribution is 5.87. The number of methoxy groups -OCH3 is 1. The van der Waals surface area contributed by atoms with Gasteiger partial charge in [0.25, 0.3) is 0 Å². The van der Waals surface area contributed by atoms with Gasteiger partial charge in [-0.05, 0) is 19.1 Å². The van der Waals surface area contributed by atoms with E-state index in [1.54, 1.807) is 6.07 Å². The molecule has 0 saturated heterocycles. The Morgan fingerprint density at radius 3 is 3.00 bits per heavy atom. The van der Waals surface area contributed by atoms with Crippen LogP contribution in [-0.2, 0) is 17.8 Å². The number of esters is 1. The van der Waals surface area contributed by atoms with Crippen LogP contribution in [0.25, 0.3) is 0 Å². The van der Waals surface area contributed by atoms with E-state index in [1.165, 1.54) is 7.11 Å². The van der Waals surface area contributed by atoms with Gasteiger partial charge in [0.1, 0.15) is 5.69 Å². The molecule has 0 aromatic carbocycles. The van der Waals surface area contributed by atoms with Gasteiger partial charge in [-0.15, -0.1) is 0 Å². The van der Waals surface area contributed by atoms with Crippen LogP contribution in [0.15, 0.2) is 22.7 Å². The molecule has 96 valence electrons. The molecule has 18 heavy (non-hydrogen) atoms. The molecule has 0 spiro atoms. The number of ether oxygens (including phenoxy) is 1. The van der Waals surface area contributed by atoms with E-state index in [0.717, 1.165) is 17.1 Å². The van der Waals surface area contributed by atoms with Crippen LogP contribution < -0.4 is 5.32 Å². The van der Waals surface area contributed by atoms with Gasteiger partial charge in [0.05, 0.1) is 19.3 Å². The molecule has 0 unspecified atom stereocenters. The Balaban J connectivity index is 1.83. The number of hydrogen-bond donors (Lipinski definition) is 2. The van der Waals surface area contributed by atoms with E-state index in [4.69, 9.17) is 4.52 Å². The van der Waals surface area contributed by atoms with Gasteiger partial charge in [-0.25, -0.2) is 4.79 Å². The monoisotopic (exact) mass is 249 g/mol. The van der Waals surface area contributed by atoms with Crippen molar-refractivity contribution in [2.24, 2.45) is 0 Å². The van der Waals surface area contributed by atoms with Crippen molar-refractivity contribution in [3.63, 3.8) is 0 Å². The maximum Gasteiger partial charge on any atom is 0.354 e. The van der Waals surface area contributed by atoms with Crippen molar-refractivity contribution in [1.82, 2.24) is 15.5 Å². The topological polar surface area (TPSA) is 80.2 Å². The van der Waals surface area contributed by atoms with E-state index < -0.39 is 0 Å². The number of nitrogens with zero attached hydrogens (tertiary/aromatic N) is 1. The van der Waals surface area contributed by atoms with Crippen LogP contribution in [0.4, 0.5) is 0 Å². The molecule has 2 heterocycles. The quantitative estimate of drug-likeness (QED) is 0.783. The Morgan fingerprint density at radius 1 is 1.50 bits per heavy atom. The highest BCUT2D eigenvalue weighted by Gasteiger charge is 2.07. The molecule has 0 fully saturated rings. The van der Waals surface area contributed by atoms with Crippen LogP contribution >= 0.6 is 0 Å². The number of H-pyrrole nitrogens is 1. The number of aromatic amines is 1. The van der Waals surface area contributed by atoms with Crippen molar-refractivity contribution in [3.8, 4) is 0 Å². The minimum atomic E-state index is -0.368. The zero-order valence-electron chi connectivity index (χ0n) is 10.3. The van der Waals surface area contributed by atoms with Gasteiger partial charge < -0.3 is 19.6 Å². The van der Waals surface area contributed by atoms with E-state index in [1.807, 2.05) is 19.1 Å². The summed E-state index contributed by atoms with van der Waals surface area (Å²) in [5.74, 6) is 0.416. The fourth-order valence-electron chi connectivity index (χ4n) is 1.59. The first-order valence-corrected chi connectivity index (χ1v) is 5.58. The number of rotatable bonds is 5. The Labute approximate surface area is 104 Å². The number of carbonyl (C=O) groups is 1. The fraction of sp³-hybridized carbons (Fsp3) is 0.333. The smallest absolute Gasteiger partial charge is 0.354 e. The third-order valence-corrected chi connectivity index (χ3v) is 2.44. The summed E-state index contributed by atoms with van der Waals surface area (Å²) >= 11 is 0. The van der Waals surface area contributed by atoms with E-state index in [-0.39, 0.29) is 5.97 Å². The lowest BCUT2D eigenvalue weighted by Gasteiger charge is -2.00. The van der Waals surface area contributed by atoms with Crippen molar-refractivity contribution < 1.29 is 14.1 Å². The Kier molecular flexibility index (Phi) is 3.78. The zero-order chi connectivity index (χ0) is 13.0. The standard InChI is InChI=1S/C12H15N3O3/c1-8-5-10(18-15-8)7-13-6-9-3-4-11(14-9)12(16)17-2/h3-5,13-14H,6-7H2,1-2H3. The zero-order valence-corrected chi connectivity index (χ0v) is 10.3. The molecule has 6 heteroatoms. The minimum Gasteiger partial charge on any atom is -0.464 e. The average Bonchev–Trinajstić information content (AvgIpc) is 2.98. The first-order valence-electron chi connectivity index (χ1n) is 5.58. The third kappa shape index (κ3) is 2.98. The molecule has 2 aromatic heterocycles. The number of hydrogen-bond acceptors (Lipinski definition) is 5. The second-order valence-electron chi connectivity index (χ2n) is 3.93. The molecular weight excluding hydrogens is 234 g/mol. The van der Waals surface area contributed by atoms with Crippen molar-refractivity contribution in [2.45, 2.75) is 20.0 Å². The lowest BCUT2D eigenvalue weighted by atomic mass is 10.3. The van der Waals surface area contributed by atoms with Gasteiger partial charge in [-0.1, -0.05) is 5.16 Å². The predicted octanol–water partition coefficient (Wildman–Crippen LogP) is 1.39. The van der Waals surface area contributed by atoms with Crippen LogP contribution in [0.1, 0.15) is 27.6 Å². The Bertz CT molecular complexity index is 530. The second kappa shape index (κ2) is 5.50. The van der Waals surface area contributed by atoms with Gasteiger partial charge in [-0.2, -0.15) is 0 Å². The third-order valence-electron chi connectivity index (χ3n) is 2.44. The number of nitrogens with one attached hydrogen (secondary N) is 2. The van der Waals surface area contributed by atoms with Gasteiger partial charge in [0, 0.05) is 18.3 Å². The molecule has 2 aromatic rings. The predicted molar refractivity (Wildman–Crippen MR) is 63.9 cm³/mol. The summed E-state index contributed by atoms with van der Waals surface area (Å²) in [6, 6.07) is 5.41. The summed E-state index contributed by atoms with van der Waals surface area (Å²) in [6.45, 7) is 3.07. The molecule has 0 aliphatic rings. The summed E-state index contributed by atoms with van der Waals surface area (Å²) in [5.41, 5.74) is 2.22. The molecule has 0 aliphatic carbocycles. The van der Waals surface area contributed by atoms with Crippen LogP contribution in [0.5, 0.6) is 0 Å². The largest absolute Gasteiger partial charge is 0.464 e. The molecule has 0 bridgehead atoms. The molecule has 0 aliphatic heterocycles. The summed E-state index contributed by atoms with van der Waals surface area (Å²) in [5, 5.41) is 6.98. The molecule has 0 atom stereocenters. The van der Waals surface area contributed by atoms with Gasteiger partial charge >= 0.3 is 5.97 Å². The summed E-state index contributed by atoms with van der Waals surface area (Å²) in [6.07, 6.45) is 0. The summed E-state index contributed by atoms with van der Waals surface area (Å²) in [7, 11) is 1.35. The van der Waals surface area contributed by atoms with E-state index in [0.29, 0.717) is 18.8 Å². The van der Waals surface area contributed by atoms with E-state index in [2.05, 4.69) is 20.2 Å². The number of carbonyl (C=O) groups excluding carboxylic acids is 1. The molecule has 2 rings (SSSR count). The first-order chi connectivity index (χ1) is 8.69. The maximum atomic E-state index is 11.2. The highest BCUT2D eigenvalue weighted by Crippen LogP contribution is 2.05. The number of aromatic nitrogens is 2. The van der Waals surface area contributed by atoms with E-state index in [9.17, 15) is 4.79 Å². The van der Waals surface area contributed by atoms with Crippen LogP contribution in [0, 0.1) is 6.92 Å². The van der Waals surface area contributed by atoms with Crippen LogP contribution in [-0.4, -0.2) is 23.2 Å². The average molecular weight is 249 g/mol. The molecule has 0 amide bonds. The summed E-state index contributed by atoms with van der Waals surface area (Å²) < 4.78 is 9.68. The van der Waals surface area contributed by atoms with Gasteiger partial charge in [-0.3, -0.25) is 0 Å². The van der Waals surface area contributed by atoms with E-state index >= 15 is 0 Å². The van der Waals surface area contributed by atoms with Crippen molar-refractivity contribution >= 4 is 5.97 Å². The Hall–Kier alpha value is -2.08. The van der Waals surface area contributed by atoms with Crippen molar-refractivity contribution in [3.05, 3.63) is 41.0 Å². The summed E-state index contributed by atoms with van der Waals surface area (Å²) in [4.78, 5) is 14.2. The van der Waals surface area contributed by atoms with Crippen molar-refractivity contribution in [1.29, 1.82) is 0 Å². The van der Waals surface area contributed by atoms with Crippen LogP contribution in [0.3, 0.4) is 0 Å². The van der Waals surface area contributed by atoms with Gasteiger partial charge in [0.15, 0.2) is 5.76 Å². The SMILES string of the molecule is COC(=O)c1ccc(CNCc2cc(C)no2)[nH]1.